The van der Waals surface area contributed by atoms with E-state index in [0.717, 1.165) is 11.3 Å². The molecular weight excluding hydrogens is 232 g/mol. The maximum atomic E-state index is 11.6. The lowest BCUT2D eigenvalue weighted by atomic mass is 10.0. The first-order valence-corrected chi connectivity index (χ1v) is 6.00. The van der Waals surface area contributed by atoms with Crippen molar-refractivity contribution < 1.29 is 14.3 Å². The molecule has 0 radical (unpaired) electrons. The van der Waals surface area contributed by atoms with Gasteiger partial charge in [0.25, 0.3) is 0 Å². The molecule has 1 aromatic rings. The second-order valence-corrected chi connectivity index (χ2v) is 4.65. The van der Waals surface area contributed by atoms with Gasteiger partial charge in [0.05, 0.1) is 0 Å². The molecule has 0 saturated heterocycles. The standard InChI is InChI=1S/C13H18N2O3/c1-8(2)15-13(16)6-10(14)9-3-4-11-12(5-9)18-7-17-11/h3-5,8,10H,6-7,14H2,1-2H3,(H,15,16). The van der Waals surface area contributed by atoms with Gasteiger partial charge in [0.2, 0.25) is 12.7 Å². The van der Waals surface area contributed by atoms with E-state index in [-0.39, 0.29) is 31.2 Å². The number of nitrogens with two attached hydrogens (primary N) is 1. The zero-order chi connectivity index (χ0) is 13.1. The van der Waals surface area contributed by atoms with Crippen LogP contribution in [-0.4, -0.2) is 18.7 Å². The summed E-state index contributed by atoms with van der Waals surface area (Å²) in [5.74, 6) is 1.36. The van der Waals surface area contributed by atoms with Crippen molar-refractivity contribution in [3.63, 3.8) is 0 Å². The molecule has 1 heterocycles. The lowest BCUT2D eigenvalue weighted by molar-refractivity contribution is -0.121. The maximum Gasteiger partial charge on any atom is 0.231 e. The molecule has 3 N–H and O–H groups in total. The molecule has 1 atom stereocenters. The first kappa shape index (κ1) is 12.7. The fourth-order valence-electron chi connectivity index (χ4n) is 1.84. The summed E-state index contributed by atoms with van der Waals surface area (Å²) in [6.45, 7) is 4.08. The molecule has 5 heteroatoms. The third-order valence-electron chi connectivity index (χ3n) is 2.68. The molecule has 1 amide bonds. The molecule has 0 aromatic heterocycles. The Labute approximate surface area is 106 Å². The van der Waals surface area contributed by atoms with Crippen molar-refractivity contribution >= 4 is 5.91 Å². The van der Waals surface area contributed by atoms with Crippen LogP contribution in [0.4, 0.5) is 0 Å². The van der Waals surface area contributed by atoms with E-state index in [9.17, 15) is 4.79 Å². The highest BCUT2D eigenvalue weighted by atomic mass is 16.7. The molecule has 98 valence electrons. The minimum Gasteiger partial charge on any atom is -0.454 e. The smallest absolute Gasteiger partial charge is 0.231 e. The van der Waals surface area contributed by atoms with Crippen LogP contribution in [0.2, 0.25) is 0 Å². The van der Waals surface area contributed by atoms with Crippen LogP contribution in [0, 0.1) is 0 Å². The molecule has 1 aliphatic heterocycles. The minimum atomic E-state index is -0.335. The molecule has 0 fully saturated rings. The summed E-state index contributed by atoms with van der Waals surface area (Å²) in [5, 5.41) is 2.82. The Balaban J connectivity index is 2.00. The van der Waals surface area contributed by atoms with Crippen LogP contribution < -0.4 is 20.5 Å². The summed E-state index contributed by atoms with van der Waals surface area (Å²) in [4.78, 5) is 11.6. The van der Waals surface area contributed by atoms with Gasteiger partial charge in [0, 0.05) is 18.5 Å². The van der Waals surface area contributed by atoms with Crippen molar-refractivity contribution in [1.82, 2.24) is 5.32 Å². The first-order chi connectivity index (χ1) is 8.56. The second kappa shape index (κ2) is 5.27. The zero-order valence-corrected chi connectivity index (χ0v) is 10.6. The van der Waals surface area contributed by atoms with Crippen LogP contribution in [0.1, 0.15) is 31.9 Å². The van der Waals surface area contributed by atoms with Crippen molar-refractivity contribution in [1.29, 1.82) is 0 Å². The first-order valence-electron chi connectivity index (χ1n) is 6.00. The highest BCUT2D eigenvalue weighted by Gasteiger charge is 2.17. The SMILES string of the molecule is CC(C)NC(=O)CC(N)c1ccc2c(c1)OCO2. The maximum absolute atomic E-state index is 11.6. The van der Waals surface area contributed by atoms with Gasteiger partial charge in [0.15, 0.2) is 11.5 Å². The van der Waals surface area contributed by atoms with Gasteiger partial charge < -0.3 is 20.5 Å². The van der Waals surface area contributed by atoms with Gasteiger partial charge in [-0.05, 0) is 31.5 Å². The average Bonchev–Trinajstić information content (AvgIpc) is 2.74. The van der Waals surface area contributed by atoms with Crippen LogP contribution in [0.3, 0.4) is 0 Å². The number of hydrogen-bond acceptors (Lipinski definition) is 4. The zero-order valence-electron chi connectivity index (χ0n) is 10.6. The molecule has 0 spiro atoms. The Morgan fingerprint density at radius 1 is 1.39 bits per heavy atom. The molecule has 1 aromatic carbocycles. The number of hydrogen-bond donors (Lipinski definition) is 2. The van der Waals surface area contributed by atoms with E-state index < -0.39 is 0 Å². The number of carbonyl (C=O) groups excluding carboxylic acids is 1. The summed E-state index contributed by atoms with van der Waals surface area (Å²) in [6, 6.07) is 5.30. The number of benzene rings is 1. The van der Waals surface area contributed by atoms with Gasteiger partial charge in [0.1, 0.15) is 0 Å². The third kappa shape index (κ3) is 2.92. The number of amides is 1. The van der Waals surface area contributed by atoms with Crippen LogP contribution in [0.25, 0.3) is 0 Å². The van der Waals surface area contributed by atoms with Gasteiger partial charge in [-0.15, -0.1) is 0 Å². The van der Waals surface area contributed by atoms with Crippen molar-refractivity contribution in [2.75, 3.05) is 6.79 Å². The van der Waals surface area contributed by atoms with E-state index >= 15 is 0 Å². The van der Waals surface area contributed by atoms with Crippen LogP contribution in [0.15, 0.2) is 18.2 Å². The van der Waals surface area contributed by atoms with E-state index in [1.54, 1.807) is 0 Å². The average molecular weight is 250 g/mol. The Hall–Kier alpha value is -1.75. The predicted octanol–water partition coefficient (Wildman–Crippen LogP) is 1.33. The quantitative estimate of drug-likeness (QED) is 0.845. The number of rotatable bonds is 4. The van der Waals surface area contributed by atoms with Gasteiger partial charge in [-0.3, -0.25) is 4.79 Å². The van der Waals surface area contributed by atoms with Crippen molar-refractivity contribution in [2.45, 2.75) is 32.4 Å². The highest BCUT2D eigenvalue weighted by Crippen LogP contribution is 2.34. The van der Waals surface area contributed by atoms with Gasteiger partial charge in [-0.25, -0.2) is 0 Å². The number of nitrogens with one attached hydrogen (secondary N) is 1. The normalized spacial score (nSPS) is 14.7. The highest BCUT2D eigenvalue weighted by molar-refractivity contribution is 5.77. The van der Waals surface area contributed by atoms with E-state index in [0.29, 0.717) is 5.75 Å². The second-order valence-electron chi connectivity index (χ2n) is 4.65. The summed E-state index contributed by atoms with van der Waals surface area (Å²) in [6.07, 6.45) is 0.262. The summed E-state index contributed by atoms with van der Waals surface area (Å²) < 4.78 is 10.5. The summed E-state index contributed by atoms with van der Waals surface area (Å²) in [5.41, 5.74) is 6.88. The fourth-order valence-corrected chi connectivity index (χ4v) is 1.84. The molecule has 1 unspecified atom stereocenters. The fraction of sp³-hybridized carbons (Fsp3) is 0.462. The lowest BCUT2D eigenvalue weighted by Crippen LogP contribution is -2.32. The summed E-state index contributed by atoms with van der Waals surface area (Å²) in [7, 11) is 0. The molecule has 0 saturated carbocycles. The number of carbonyl (C=O) groups is 1. The van der Waals surface area contributed by atoms with Crippen LogP contribution in [0.5, 0.6) is 11.5 Å². The van der Waals surface area contributed by atoms with E-state index in [1.165, 1.54) is 0 Å². The van der Waals surface area contributed by atoms with Crippen LogP contribution >= 0.6 is 0 Å². The summed E-state index contributed by atoms with van der Waals surface area (Å²) >= 11 is 0. The van der Waals surface area contributed by atoms with E-state index in [4.69, 9.17) is 15.2 Å². The third-order valence-corrected chi connectivity index (χ3v) is 2.68. The lowest BCUT2D eigenvalue weighted by Gasteiger charge is -2.14. The monoisotopic (exact) mass is 250 g/mol. The molecule has 5 nitrogen and oxygen atoms in total. The Bertz CT molecular complexity index is 446. The molecular formula is C13H18N2O3. The number of fused-ring (bicyclic) bond motifs is 1. The van der Waals surface area contributed by atoms with Gasteiger partial charge in [-0.2, -0.15) is 0 Å². The number of ether oxygens (including phenoxy) is 2. The van der Waals surface area contributed by atoms with E-state index in [1.807, 2.05) is 32.0 Å². The van der Waals surface area contributed by atoms with Crippen molar-refractivity contribution in [3.05, 3.63) is 23.8 Å². The molecule has 18 heavy (non-hydrogen) atoms. The Morgan fingerprint density at radius 3 is 2.83 bits per heavy atom. The molecule has 2 rings (SSSR count). The van der Waals surface area contributed by atoms with Gasteiger partial charge >= 0.3 is 0 Å². The van der Waals surface area contributed by atoms with Crippen molar-refractivity contribution in [2.24, 2.45) is 5.73 Å². The van der Waals surface area contributed by atoms with Crippen LogP contribution in [-0.2, 0) is 4.79 Å². The Kier molecular flexibility index (Phi) is 3.72. The molecule has 1 aliphatic rings. The van der Waals surface area contributed by atoms with E-state index in [2.05, 4.69) is 5.32 Å². The largest absolute Gasteiger partial charge is 0.454 e. The molecule has 0 aliphatic carbocycles. The topological polar surface area (TPSA) is 73.6 Å². The Morgan fingerprint density at radius 2 is 2.11 bits per heavy atom. The predicted molar refractivity (Wildman–Crippen MR) is 67.4 cm³/mol. The molecule has 0 bridgehead atoms. The van der Waals surface area contributed by atoms with Crippen molar-refractivity contribution in [3.8, 4) is 11.5 Å². The van der Waals surface area contributed by atoms with Gasteiger partial charge in [-0.1, -0.05) is 6.07 Å². The minimum absolute atomic E-state index is 0.0461.